The van der Waals surface area contributed by atoms with Crippen molar-refractivity contribution in [3.05, 3.63) is 29.8 Å². The van der Waals surface area contributed by atoms with Gasteiger partial charge in [-0.1, -0.05) is 32.4 Å². The minimum atomic E-state index is -1.19. The number of phenols is 1. The second kappa shape index (κ2) is 15.2. The first-order valence-electron chi connectivity index (χ1n) is 12.0. The SMILES string of the molecule is CC[C@H](C)[C@H](NC(=O)[C@H](Cc1ccc(O)cc1)NC(C)=O)C(=O)N[C@@H](C)C(=O)N[C@H](CC=O)CC(=O)O. The van der Waals surface area contributed by atoms with Gasteiger partial charge in [0.15, 0.2) is 0 Å². The van der Waals surface area contributed by atoms with E-state index in [1.807, 2.05) is 6.92 Å². The van der Waals surface area contributed by atoms with E-state index in [9.17, 15) is 33.9 Å². The van der Waals surface area contributed by atoms with E-state index in [-0.39, 0.29) is 24.5 Å². The number of hydrogen-bond donors (Lipinski definition) is 6. The molecule has 37 heavy (non-hydrogen) atoms. The van der Waals surface area contributed by atoms with Gasteiger partial charge in [-0.3, -0.25) is 24.0 Å². The van der Waals surface area contributed by atoms with Gasteiger partial charge < -0.3 is 36.3 Å². The minimum Gasteiger partial charge on any atom is -0.508 e. The summed E-state index contributed by atoms with van der Waals surface area (Å²) in [6.45, 7) is 6.23. The Balaban J connectivity index is 2.96. The number of phenolic OH excluding ortho intramolecular Hbond substituents is 1. The van der Waals surface area contributed by atoms with Crippen molar-refractivity contribution in [3.63, 3.8) is 0 Å². The van der Waals surface area contributed by atoms with E-state index in [2.05, 4.69) is 21.3 Å². The molecule has 0 fully saturated rings. The van der Waals surface area contributed by atoms with Crippen LogP contribution in [0, 0.1) is 5.92 Å². The molecule has 1 rings (SSSR count). The normalized spacial score (nSPS) is 14.7. The summed E-state index contributed by atoms with van der Waals surface area (Å²) < 4.78 is 0. The van der Waals surface area contributed by atoms with Gasteiger partial charge in [0.25, 0.3) is 0 Å². The van der Waals surface area contributed by atoms with E-state index in [0.29, 0.717) is 18.3 Å². The van der Waals surface area contributed by atoms with Crippen molar-refractivity contribution in [1.29, 1.82) is 0 Å². The van der Waals surface area contributed by atoms with Gasteiger partial charge in [0.2, 0.25) is 23.6 Å². The van der Waals surface area contributed by atoms with Crippen LogP contribution in [0.1, 0.15) is 52.5 Å². The molecule has 4 amide bonds. The highest BCUT2D eigenvalue weighted by Crippen LogP contribution is 2.13. The molecule has 0 radical (unpaired) electrons. The molecule has 5 atom stereocenters. The molecule has 12 heteroatoms. The Labute approximate surface area is 215 Å². The topological polar surface area (TPSA) is 191 Å². The lowest BCUT2D eigenvalue weighted by Gasteiger charge is -2.28. The molecule has 0 aliphatic rings. The second-order valence-corrected chi connectivity index (χ2v) is 8.93. The van der Waals surface area contributed by atoms with Crippen molar-refractivity contribution in [3.8, 4) is 5.75 Å². The monoisotopic (exact) mass is 520 g/mol. The standard InChI is InChI=1S/C25H36N4O8/c1-5-14(2)22(25(37)26-15(3)23(35)28-18(10-11-30)13-21(33)34)29-24(36)20(27-16(4)31)12-17-6-8-19(32)9-7-17/h6-9,11,14-15,18,20,22,32H,5,10,12-13H2,1-4H3,(H,26,37)(H,27,31)(H,28,35)(H,29,36)(H,33,34)/t14-,15-,18+,20-,22-/m0/s1. The Bertz CT molecular complexity index is 966. The molecule has 0 aromatic heterocycles. The maximum absolute atomic E-state index is 13.1. The molecule has 0 bridgehead atoms. The number of benzene rings is 1. The zero-order chi connectivity index (χ0) is 28.1. The van der Waals surface area contributed by atoms with Crippen molar-refractivity contribution in [1.82, 2.24) is 21.3 Å². The molecule has 1 aromatic rings. The van der Waals surface area contributed by atoms with Gasteiger partial charge in [0, 0.05) is 25.8 Å². The predicted molar refractivity (Wildman–Crippen MR) is 133 cm³/mol. The summed E-state index contributed by atoms with van der Waals surface area (Å²) >= 11 is 0. The molecule has 1 aromatic carbocycles. The average Bonchev–Trinajstić information content (AvgIpc) is 2.82. The summed E-state index contributed by atoms with van der Waals surface area (Å²) in [5, 5.41) is 28.6. The Kier molecular flexibility index (Phi) is 12.8. The molecule has 0 aliphatic heterocycles. The molecular formula is C25H36N4O8. The summed E-state index contributed by atoms with van der Waals surface area (Å²) in [6.07, 6.45) is 0.468. The third-order valence-corrected chi connectivity index (χ3v) is 5.76. The van der Waals surface area contributed by atoms with Gasteiger partial charge in [0.05, 0.1) is 6.42 Å². The number of aliphatic carboxylic acids is 1. The summed E-state index contributed by atoms with van der Waals surface area (Å²) in [7, 11) is 0. The van der Waals surface area contributed by atoms with Crippen LogP contribution in [0.25, 0.3) is 0 Å². The number of carboxylic acids is 1. The van der Waals surface area contributed by atoms with Crippen molar-refractivity contribution in [2.24, 2.45) is 5.92 Å². The molecule has 6 N–H and O–H groups in total. The van der Waals surface area contributed by atoms with Crippen LogP contribution in [0.5, 0.6) is 5.75 Å². The molecule has 0 saturated heterocycles. The fraction of sp³-hybridized carbons (Fsp3) is 0.520. The van der Waals surface area contributed by atoms with Crippen LogP contribution < -0.4 is 21.3 Å². The van der Waals surface area contributed by atoms with Crippen LogP contribution in [0.3, 0.4) is 0 Å². The highest BCUT2D eigenvalue weighted by molar-refractivity contribution is 5.94. The van der Waals surface area contributed by atoms with Crippen LogP contribution in [-0.4, -0.2) is 70.3 Å². The van der Waals surface area contributed by atoms with Crippen LogP contribution in [0.4, 0.5) is 0 Å². The number of carbonyl (C=O) groups is 6. The Morgan fingerprint density at radius 3 is 2.05 bits per heavy atom. The summed E-state index contributed by atoms with van der Waals surface area (Å²) in [4.78, 5) is 72.1. The Hall–Kier alpha value is -3.96. The van der Waals surface area contributed by atoms with Crippen LogP contribution in [0.2, 0.25) is 0 Å². The maximum Gasteiger partial charge on any atom is 0.305 e. The largest absolute Gasteiger partial charge is 0.508 e. The van der Waals surface area contributed by atoms with Crippen molar-refractivity contribution >= 4 is 35.9 Å². The molecule has 204 valence electrons. The molecule has 12 nitrogen and oxygen atoms in total. The number of aromatic hydroxyl groups is 1. The number of nitrogens with one attached hydrogen (secondary N) is 4. The lowest BCUT2D eigenvalue weighted by Crippen LogP contribution is -2.58. The highest BCUT2D eigenvalue weighted by Gasteiger charge is 2.31. The smallest absolute Gasteiger partial charge is 0.305 e. The van der Waals surface area contributed by atoms with E-state index in [4.69, 9.17) is 5.11 Å². The van der Waals surface area contributed by atoms with Crippen molar-refractivity contribution in [2.45, 2.75) is 77.5 Å². The molecule has 0 unspecified atom stereocenters. The number of carbonyl (C=O) groups excluding carboxylic acids is 5. The minimum absolute atomic E-state index is 0.0522. The quantitative estimate of drug-likeness (QED) is 0.174. The van der Waals surface area contributed by atoms with Gasteiger partial charge in [-0.25, -0.2) is 0 Å². The molecular weight excluding hydrogens is 484 g/mol. The summed E-state index contributed by atoms with van der Waals surface area (Å²) in [5.41, 5.74) is 0.674. The fourth-order valence-electron chi connectivity index (χ4n) is 3.49. The number of hydrogen-bond acceptors (Lipinski definition) is 7. The van der Waals surface area contributed by atoms with Gasteiger partial charge in [-0.2, -0.15) is 0 Å². The Morgan fingerprint density at radius 1 is 0.919 bits per heavy atom. The Morgan fingerprint density at radius 2 is 1.54 bits per heavy atom. The number of rotatable bonds is 15. The lowest BCUT2D eigenvalue weighted by molar-refractivity contribution is -0.138. The number of carboxylic acid groups (broad SMARTS) is 1. The van der Waals surface area contributed by atoms with E-state index in [0.717, 1.165) is 0 Å². The van der Waals surface area contributed by atoms with Crippen LogP contribution >= 0.6 is 0 Å². The van der Waals surface area contributed by atoms with E-state index in [1.54, 1.807) is 19.1 Å². The first-order chi connectivity index (χ1) is 17.4. The van der Waals surface area contributed by atoms with Gasteiger partial charge in [0.1, 0.15) is 30.2 Å². The van der Waals surface area contributed by atoms with Gasteiger partial charge in [-0.05, 0) is 30.5 Å². The highest BCUT2D eigenvalue weighted by atomic mass is 16.4. The van der Waals surface area contributed by atoms with Crippen LogP contribution in [-0.2, 0) is 35.2 Å². The predicted octanol–water partition coefficient (Wildman–Crippen LogP) is 0.0235. The zero-order valence-electron chi connectivity index (χ0n) is 21.4. The zero-order valence-corrected chi connectivity index (χ0v) is 21.4. The van der Waals surface area contributed by atoms with E-state index in [1.165, 1.54) is 26.0 Å². The van der Waals surface area contributed by atoms with Crippen LogP contribution in [0.15, 0.2) is 24.3 Å². The summed E-state index contributed by atoms with van der Waals surface area (Å²) in [6, 6.07) is 2.09. The number of amides is 4. The fourth-order valence-corrected chi connectivity index (χ4v) is 3.49. The lowest BCUT2D eigenvalue weighted by atomic mass is 9.96. The maximum atomic E-state index is 13.1. The van der Waals surface area contributed by atoms with E-state index < -0.39 is 60.2 Å². The molecule has 0 spiro atoms. The molecule has 0 saturated carbocycles. The third-order valence-electron chi connectivity index (χ3n) is 5.76. The van der Waals surface area contributed by atoms with Crippen molar-refractivity contribution < 1.29 is 39.0 Å². The first-order valence-corrected chi connectivity index (χ1v) is 12.0. The second-order valence-electron chi connectivity index (χ2n) is 8.93. The molecule has 0 heterocycles. The third kappa shape index (κ3) is 11.1. The summed E-state index contributed by atoms with van der Waals surface area (Å²) in [5.74, 6) is -3.84. The number of aldehydes is 1. The van der Waals surface area contributed by atoms with Gasteiger partial charge >= 0.3 is 5.97 Å². The molecule has 0 aliphatic carbocycles. The average molecular weight is 521 g/mol. The first kappa shape index (κ1) is 31.1. The van der Waals surface area contributed by atoms with Crippen molar-refractivity contribution in [2.75, 3.05) is 0 Å². The van der Waals surface area contributed by atoms with E-state index >= 15 is 0 Å². The van der Waals surface area contributed by atoms with Gasteiger partial charge in [-0.15, -0.1) is 0 Å².